The van der Waals surface area contributed by atoms with Crippen LogP contribution >= 0.6 is 11.8 Å². The molecule has 102 valence electrons. The third-order valence-electron chi connectivity index (χ3n) is 1.77. The Morgan fingerprint density at radius 2 is 2.22 bits per heavy atom. The van der Waals surface area contributed by atoms with Crippen LogP contribution in [-0.4, -0.2) is 53.0 Å². The van der Waals surface area contributed by atoms with Crippen molar-refractivity contribution in [1.29, 1.82) is 0 Å². The highest BCUT2D eigenvalue weighted by Crippen LogP contribution is 2.17. The summed E-state index contributed by atoms with van der Waals surface area (Å²) in [6, 6.07) is 0. The maximum absolute atomic E-state index is 11.2. The number of aliphatic hydroxyl groups excluding tert-OH is 1. The Bertz CT molecular complexity index is 371. The lowest BCUT2D eigenvalue weighted by molar-refractivity contribution is 0.0474. The van der Waals surface area contributed by atoms with Crippen LogP contribution in [0.25, 0.3) is 0 Å². The molecule has 0 radical (unpaired) electrons. The van der Waals surface area contributed by atoms with Gasteiger partial charge in [0.1, 0.15) is 0 Å². The van der Waals surface area contributed by atoms with E-state index in [1.165, 1.54) is 0 Å². The zero-order valence-corrected chi connectivity index (χ0v) is 11.1. The summed E-state index contributed by atoms with van der Waals surface area (Å²) in [5.41, 5.74) is 0. The number of thioether (sulfide) groups is 1. The molecule has 7 nitrogen and oxygen atoms in total. The van der Waals surface area contributed by atoms with Crippen LogP contribution < -0.4 is 0 Å². The number of esters is 1. The Hall–Kier alpha value is -1.12. The molecule has 0 bridgehead atoms. The zero-order valence-electron chi connectivity index (χ0n) is 10.3. The SMILES string of the molecule is CCOCC(O)CSc1nnc(C(=O)OCC)o1. The number of nitrogens with zero attached hydrogens (tertiary/aromatic N) is 2. The first-order valence-electron chi connectivity index (χ1n) is 5.56. The first-order valence-corrected chi connectivity index (χ1v) is 6.55. The van der Waals surface area contributed by atoms with Crippen LogP contribution in [0.2, 0.25) is 0 Å². The van der Waals surface area contributed by atoms with Crippen molar-refractivity contribution in [2.45, 2.75) is 25.2 Å². The molecule has 8 heteroatoms. The molecule has 1 aromatic rings. The monoisotopic (exact) mass is 276 g/mol. The van der Waals surface area contributed by atoms with Gasteiger partial charge in [0.25, 0.3) is 5.22 Å². The lowest BCUT2D eigenvalue weighted by Crippen LogP contribution is -2.17. The van der Waals surface area contributed by atoms with E-state index >= 15 is 0 Å². The van der Waals surface area contributed by atoms with Crippen molar-refractivity contribution in [3.8, 4) is 0 Å². The normalized spacial score (nSPS) is 12.4. The number of ether oxygens (including phenoxy) is 2. The minimum absolute atomic E-state index is 0.182. The number of hydrogen-bond acceptors (Lipinski definition) is 8. The molecule has 1 unspecified atom stereocenters. The molecule has 0 spiro atoms. The van der Waals surface area contributed by atoms with Crippen LogP contribution in [0.4, 0.5) is 0 Å². The summed E-state index contributed by atoms with van der Waals surface area (Å²) < 4.78 is 14.8. The Balaban J connectivity index is 2.37. The van der Waals surface area contributed by atoms with Crippen molar-refractivity contribution in [3.05, 3.63) is 5.89 Å². The largest absolute Gasteiger partial charge is 0.459 e. The van der Waals surface area contributed by atoms with Gasteiger partial charge >= 0.3 is 11.9 Å². The fraction of sp³-hybridized carbons (Fsp3) is 0.700. The van der Waals surface area contributed by atoms with Gasteiger partial charge in [0.05, 0.1) is 19.3 Å². The topological polar surface area (TPSA) is 94.7 Å². The first kappa shape index (κ1) is 14.9. The molecule has 0 saturated heterocycles. The van der Waals surface area contributed by atoms with E-state index in [-0.39, 0.29) is 24.3 Å². The van der Waals surface area contributed by atoms with Gasteiger partial charge in [-0.15, -0.1) is 5.10 Å². The quantitative estimate of drug-likeness (QED) is 0.548. The van der Waals surface area contributed by atoms with Gasteiger partial charge in [0, 0.05) is 12.4 Å². The Labute approximate surface area is 109 Å². The maximum Gasteiger partial charge on any atom is 0.396 e. The molecule has 18 heavy (non-hydrogen) atoms. The fourth-order valence-electron chi connectivity index (χ4n) is 1.01. The second kappa shape index (κ2) is 8.06. The standard InChI is InChI=1S/C10H16N2O5S/c1-3-15-5-7(13)6-18-10-12-11-8(17-10)9(14)16-4-2/h7,13H,3-6H2,1-2H3. The summed E-state index contributed by atoms with van der Waals surface area (Å²) in [5, 5.41) is 16.9. The lowest BCUT2D eigenvalue weighted by Gasteiger charge is -2.07. The Morgan fingerprint density at radius 1 is 1.44 bits per heavy atom. The number of rotatable bonds is 8. The van der Waals surface area contributed by atoms with Gasteiger partial charge < -0.3 is 19.0 Å². The second-order valence-electron chi connectivity index (χ2n) is 3.22. The third kappa shape index (κ3) is 5.03. The van der Waals surface area contributed by atoms with E-state index in [1.807, 2.05) is 6.92 Å². The fourth-order valence-corrected chi connectivity index (χ4v) is 1.68. The van der Waals surface area contributed by atoms with Crippen molar-refractivity contribution >= 4 is 17.7 Å². The van der Waals surface area contributed by atoms with Gasteiger partial charge in [-0.25, -0.2) is 4.79 Å². The van der Waals surface area contributed by atoms with Gasteiger partial charge in [-0.05, 0) is 13.8 Å². The number of aromatic nitrogens is 2. The van der Waals surface area contributed by atoms with E-state index in [0.717, 1.165) is 11.8 Å². The zero-order chi connectivity index (χ0) is 13.4. The average molecular weight is 276 g/mol. The van der Waals surface area contributed by atoms with E-state index < -0.39 is 12.1 Å². The van der Waals surface area contributed by atoms with Crippen LogP contribution in [-0.2, 0) is 9.47 Å². The molecule has 0 aliphatic rings. The third-order valence-corrected chi connectivity index (χ3v) is 2.73. The Morgan fingerprint density at radius 3 is 2.89 bits per heavy atom. The smallest absolute Gasteiger partial charge is 0.396 e. The number of carbonyl (C=O) groups excluding carboxylic acids is 1. The Kier molecular flexibility index (Phi) is 6.69. The molecule has 1 atom stereocenters. The van der Waals surface area contributed by atoms with Gasteiger partial charge in [0.15, 0.2) is 0 Å². The molecule has 1 heterocycles. The van der Waals surface area contributed by atoms with Crippen LogP contribution in [0.1, 0.15) is 24.5 Å². The van der Waals surface area contributed by atoms with Gasteiger partial charge in [-0.1, -0.05) is 16.9 Å². The summed E-state index contributed by atoms with van der Waals surface area (Å²) >= 11 is 1.16. The predicted octanol–water partition coefficient (Wildman–Crippen LogP) is 0.736. The van der Waals surface area contributed by atoms with Gasteiger partial charge in [-0.3, -0.25) is 0 Å². The summed E-state index contributed by atoms with van der Waals surface area (Å²) in [5.74, 6) is -0.477. The van der Waals surface area contributed by atoms with Crippen molar-refractivity contribution in [2.75, 3.05) is 25.6 Å². The van der Waals surface area contributed by atoms with Crippen molar-refractivity contribution in [1.82, 2.24) is 10.2 Å². The second-order valence-corrected chi connectivity index (χ2v) is 4.19. The minimum Gasteiger partial charge on any atom is -0.459 e. The molecule has 1 aromatic heterocycles. The molecule has 0 aromatic carbocycles. The number of aliphatic hydroxyl groups is 1. The van der Waals surface area contributed by atoms with E-state index in [4.69, 9.17) is 13.9 Å². The predicted molar refractivity (Wildman–Crippen MR) is 63.5 cm³/mol. The highest BCUT2D eigenvalue weighted by molar-refractivity contribution is 7.99. The van der Waals surface area contributed by atoms with E-state index in [1.54, 1.807) is 6.92 Å². The molecule has 1 rings (SSSR count). The average Bonchev–Trinajstić information content (AvgIpc) is 2.83. The van der Waals surface area contributed by atoms with Crippen LogP contribution in [0, 0.1) is 0 Å². The highest BCUT2D eigenvalue weighted by Gasteiger charge is 2.16. The minimum atomic E-state index is -0.647. The van der Waals surface area contributed by atoms with Crippen LogP contribution in [0.15, 0.2) is 9.64 Å². The molecular weight excluding hydrogens is 260 g/mol. The van der Waals surface area contributed by atoms with Crippen LogP contribution in [0.3, 0.4) is 0 Å². The van der Waals surface area contributed by atoms with Crippen molar-refractivity contribution in [2.24, 2.45) is 0 Å². The van der Waals surface area contributed by atoms with Crippen molar-refractivity contribution < 1.29 is 23.8 Å². The molecule has 0 aliphatic carbocycles. The van der Waals surface area contributed by atoms with Gasteiger partial charge in [-0.2, -0.15) is 0 Å². The lowest BCUT2D eigenvalue weighted by atomic mass is 10.4. The number of carbonyl (C=O) groups is 1. The molecule has 1 N–H and O–H groups in total. The summed E-state index contributed by atoms with van der Waals surface area (Å²) in [7, 11) is 0. The molecule has 0 aliphatic heterocycles. The first-order chi connectivity index (χ1) is 8.67. The number of hydrogen-bond donors (Lipinski definition) is 1. The van der Waals surface area contributed by atoms with E-state index in [2.05, 4.69) is 10.2 Å². The maximum atomic E-state index is 11.2. The van der Waals surface area contributed by atoms with E-state index in [9.17, 15) is 9.90 Å². The summed E-state index contributed by atoms with van der Waals surface area (Å²) in [4.78, 5) is 11.2. The van der Waals surface area contributed by atoms with Gasteiger partial charge in [0.2, 0.25) is 0 Å². The molecule has 0 amide bonds. The van der Waals surface area contributed by atoms with Crippen molar-refractivity contribution in [3.63, 3.8) is 0 Å². The molecule has 0 fully saturated rings. The molecule has 0 saturated carbocycles. The summed E-state index contributed by atoms with van der Waals surface area (Å²) in [6.45, 7) is 4.59. The van der Waals surface area contributed by atoms with E-state index in [0.29, 0.717) is 12.4 Å². The highest BCUT2D eigenvalue weighted by atomic mass is 32.2. The molecular formula is C10H16N2O5S. The van der Waals surface area contributed by atoms with Crippen LogP contribution in [0.5, 0.6) is 0 Å². The summed E-state index contributed by atoms with van der Waals surface area (Å²) in [6.07, 6.45) is -0.618.